The lowest BCUT2D eigenvalue weighted by atomic mass is 9.95. The summed E-state index contributed by atoms with van der Waals surface area (Å²) in [7, 11) is 0. The standard InChI is InChI=1S/C29H29N5O5/c1-5-7-9-13-18(3)34-26-24(25(31-29(34)37)32-33-27(35)21-16-12-17-39-21)23(20-14-10-8-11-15-20)22(19(4)30-26)28(36)38-6-2/h5,7-18H,6H2,1-4H3,(H,33,35)(H,31,32,37)/b7-5-,13-9-. The minimum absolute atomic E-state index is 0.0210. The van der Waals surface area contributed by atoms with Crippen LogP contribution in [-0.2, 0) is 4.74 Å². The van der Waals surface area contributed by atoms with E-state index in [0.717, 1.165) is 0 Å². The van der Waals surface area contributed by atoms with E-state index in [-0.39, 0.29) is 29.4 Å². The molecule has 1 amide bonds. The molecule has 1 unspecified atom stereocenters. The number of nitrogens with zero attached hydrogens (tertiary/aromatic N) is 3. The number of hydrogen-bond acceptors (Lipinski definition) is 8. The van der Waals surface area contributed by atoms with E-state index >= 15 is 0 Å². The number of pyridine rings is 1. The number of carbonyl (C=O) groups excluding carboxylic acids is 2. The van der Waals surface area contributed by atoms with Crippen LogP contribution in [0.5, 0.6) is 0 Å². The maximum atomic E-state index is 13.4. The molecule has 10 heteroatoms. The largest absolute Gasteiger partial charge is 0.462 e. The highest BCUT2D eigenvalue weighted by molar-refractivity contribution is 6.10. The average Bonchev–Trinajstić information content (AvgIpc) is 3.47. The fraction of sp³-hybridized carbons (Fsp3) is 0.207. The van der Waals surface area contributed by atoms with Crippen molar-refractivity contribution in [2.75, 3.05) is 12.0 Å². The Morgan fingerprint density at radius 1 is 1.13 bits per heavy atom. The molecule has 0 aliphatic rings. The van der Waals surface area contributed by atoms with Crippen molar-refractivity contribution in [3.63, 3.8) is 0 Å². The summed E-state index contributed by atoms with van der Waals surface area (Å²) < 4.78 is 12.0. The molecule has 0 spiro atoms. The van der Waals surface area contributed by atoms with Crippen molar-refractivity contribution in [3.8, 4) is 11.1 Å². The molecular weight excluding hydrogens is 498 g/mol. The lowest BCUT2D eigenvalue weighted by Gasteiger charge is -2.21. The van der Waals surface area contributed by atoms with Gasteiger partial charge in [-0.1, -0.05) is 54.6 Å². The highest BCUT2D eigenvalue weighted by atomic mass is 16.5. The number of rotatable bonds is 9. The number of amides is 1. The zero-order valence-corrected chi connectivity index (χ0v) is 22.1. The average molecular weight is 528 g/mol. The molecule has 1 aromatic carbocycles. The molecule has 2 N–H and O–H groups in total. The number of benzene rings is 1. The molecule has 4 aromatic rings. The first kappa shape index (κ1) is 27.1. The third-order valence-corrected chi connectivity index (χ3v) is 5.92. The number of carbonyl (C=O) groups is 2. The van der Waals surface area contributed by atoms with Crippen molar-refractivity contribution in [2.45, 2.75) is 33.7 Å². The SMILES string of the molecule is C/C=C\C=C/C(C)n1c(=O)nc(NNC(=O)c2ccco2)c2c(-c3ccccc3)c(C(=O)OCC)c(C)nc21. The normalized spacial score (nSPS) is 12.2. The second-order valence-electron chi connectivity index (χ2n) is 8.55. The van der Waals surface area contributed by atoms with Crippen LogP contribution >= 0.6 is 0 Å². The number of aryl methyl sites for hydroxylation is 1. The van der Waals surface area contributed by atoms with E-state index < -0.39 is 23.6 Å². The maximum Gasteiger partial charge on any atom is 0.351 e. The van der Waals surface area contributed by atoms with Gasteiger partial charge in [0, 0.05) is 5.56 Å². The van der Waals surface area contributed by atoms with Gasteiger partial charge in [-0.3, -0.25) is 20.2 Å². The number of ether oxygens (including phenoxy) is 1. The van der Waals surface area contributed by atoms with E-state index in [1.54, 1.807) is 19.9 Å². The molecule has 0 saturated heterocycles. The Morgan fingerprint density at radius 2 is 1.90 bits per heavy atom. The van der Waals surface area contributed by atoms with Crippen molar-refractivity contribution in [1.82, 2.24) is 20.0 Å². The number of furan rings is 1. The number of anilines is 1. The number of esters is 1. The predicted molar refractivity (Wildman–Crippen MR) is 148 cm³/mol. The number of hydrazine groups is 1. The molecule has 3 aromatic heterocycles. The second kappa shape index (κ2) is 12.0. The monoisotopic (exact) mass is 527 g/mol. The third kappa shape index (κ3) is 5.64. The number of allylic oxidation sites excluding steroid dienone is 4. The Hall–Kier alpha value is -4.99. The topological polar surface area (TPSA) is 128 Å². The van der Waals surface area contributed by atoms with Gasteiger partial charge in [-0.15, -0.1) is 0 Å². The quantitative estimate of drug-likeness (QED) is 0.177. The Morgan fingerprint density at radius 3 is 2.56 bits per heavy atom. The number of aromatic nitrogens is 3. The first-order valence-electron chi connectivity index (χ1n) is 12.5. The van der Waals surface area contributed by atoms with Crippen molar-refractivity contribution in [3.05, 3.63) is 101 Å². The molecular formula is C29H29N5O5. The Bertz CT molecular complexity index is 1610. The number of fused-ring (bicyclic) bond motifs is 1. The van der Waals surface area contributed by atoms with E-state index in [9.17, 15) is 14.4 Å². The summed E-state index contributed by atoms with van der Waals surface area (Å²) >= 11 is 0. The van der Waals surface area contributed by atoms with E-state index in [4.69, 9.17) is 14.1 Å². The summed E-state index contributed by atoms with van der Waals surface area (Å²) in [5.74, 6) is -1.05. The molecule has 0 aliphatic heterocycles. The van der Waals surface area contributed by atoms with Crippen LogP contribution in [0, 0.1) is 6.92 Å². The highest BCUT2D eigenvalue weighted by Crippen LogP contribution is 2.37. The van der Waals surface area contributed by atoms with Gasteiger partial charge in [-0.05, 0) is 45.4 Å². The molecule has 0 radical (unpaired) electrons. The molecule has 0 fully saturated rings. The number of hydrogen-bond donors (Lipinski definition) is 2. The van der Waals surface area contributed by atoms with Crippen molar-refractivity contribution < 1.29 is 18.7 Å². The van der Waals surface area contributed by atoms with Crippen LogP contribution in [0.25, 0.3) is 22.2 Å². The highest BCUT2D eigenvalue weighted by Gasteiger charge is 2.27. The minimum Gasteiger partial charge on any atom is -0.462 e. The van der Waals surface area contributed by atoms with Gasteiger partial charge in [0.25, 0.3) is 0 Å². The van der Waals surface area contributed by atoms with Crippen LogP contribution in [0.4, 0.5) is 5.82 Å². The summed E-state index contributed by atoms with van der Waals surface area (Å²) in [6.07, 6.45) is 8.77. The number of nitrogens with one attached hydrogen (secondary N) is 2. The van der Waals surface area contributed by atoms with Crippen molar-refractivity contribution in [2.24, 2.45) is 0 Å². The van der Waals surface area contributed by atoms with Crippen LogP contribution in [0.2, 0.25) is 0 Å². The Balaban J connectivity index is 2.05. The molecule has 4 rings (SSSR count). The zero-order valence-electron chi connectivity index (χ0n) is 22.1. The summed E-state index contributed by atoms with van der Waals surface area (Å²) in [4.78, 5) is 48.2. The molecule has 39 heavy (non-hydrogen) atoms. The lowest BCUT2D eigenvalue weighted by Crippen LogP contribution is -2.33. The third-order valence-electron chi connectivity index (χ3n) is 5.92. The van der Waals surface area contributed by atoms with Gasteiger partial charge in [0.15, 0.2) is 11.6 Å². The van der Waals surface area contributed by atoms with Crippen LogP contribution in [0.3, 0.4) is 0 Å². The van der Waals surface area contributed by atoms with Crippen LogP contribution in [0.15, 0.2) is 82.2 Å². The van der Waals surface area contributed by atoms with E-state index in [0.29, 0.717) is 22.2 Å². The Kier molecular flexibility index (Phi) is 8.35. The van der Waals surface area contributed by atoms with Gasteiger partial charge in [0.1, 0.15) is 5.65 Å². The first-order valence-corrected chi connectivity index (χ1v) is 12.5. The summed E-state index contributed by atoms with van der Waals surface area (Å²) in [5.41, 5.74) is 6.74. The van der Waals surface area contributed by atoms with Crippen molar-refractivity contribution >= 4 is 28.7 Å². The zero-order chi connectivity index (χ0) is 27.9. The second-order valence-corrected chi connectivity index (χ2v) is 8.55. The van der Waals surface area contributed by atoms with Crippen molar-refractivity contribution in [1.29, 1.82) is 0 Å². The van der Waals surface area contributed by atoms with Gasteiger partial charge in [0.05, 0.1) is 35.6 Å². The van der Waals surface area contributed by atoms with Crippen LogP contribution in [-0.4, -0.2) is 33.0 Å². The lowest BCUT2D eigenvalue weighted by molar-refractivity contribution is 0.0526. The molecule has 0 aliphatic carbocycles. The summed E-state index contributed by atoms with van der Waals surface area (Å²) in [6, 6.07) is 11.9. The van der Waals surface area contributed by atoms with Crippen LogP contribution < -0.4 is 16.5 Å². The van der Waals surface area contributed by atoms with Gasteiger partial charge < -0.3 is 9.15 Å². The van der Waals surface area contributed by atoms with Gasteiger partial charge >= 0.3 is 17.6 Å². The van der Waals surface area contributed by atoms with E-state index in [1.165, 1.54) is 16.9 Å². The van der Waals surface area contributed by atoms with Gasteiger partial charge in [0.2, 0.25) is 0 Å². The molecule has 200 valence electrons. The predicted octanol–water partition coefficient (Wildman–Crippen LogP) is 4.99. The summed E-state index contributed by atoms with van der Waals surface area (Å²) in [6.45, 7) is 7.31. The molecule has 10 nitrogen and oxygen atoms in total. The molecule has 0 saturated carbocycles. The fourth-order valence-electron chi connectivity index (χ4n) is 4.19. The minimum atomic E-state index is -0.593. The van der Waals surface area contributed by atoms with Gasteiger partial charge in [-0.2, -0.15) is 4.98 Å². The molecule has 1 atom stereocenters. The van der Waals surface area contributed by atoms with Crippen LogP contribution in [0.1, 0.15) is 53.4 Å². The van der Waals surface area contributed by atoms with E-state index in [2.05, 4.69) is 15.8 Å². The smallest absolute Gasteiger partial charge is 0.351 e. The maximum absolute atomic E-state index is 13.4. The van der Waals surface area contributed by atoms with Gasteiger partial charge in [-0.25, -0.2) is 14.6 Å². The molecule has 0 bridgehead atoms. The van der Waals surface area contributed by atoms with E-state index in [1.807, 2.05) is 68.5 Å². The Labute approximate surface area is 225 Å². The summed E-state index contributed by atoms with van der Waals surface area (Å²) in [5, 5.41) is 0.362. The first-order chi connectivity index (χ1) is 18.9. The fourth-order valence-corrected chi connectivity index (χ4v) is 4.19. The molecule has 3 heterocycles.